The molecule has 6 heteroatoms. The minimum Gasteiger partial charge on any atom is -0.456 e. The molecule has 0 radical (unpaired) electrons. The fraction of sp³-hybridized carbons (Fsp3) is 0. The molecule has 230 valence electrons. The van der Waals surface area contributed by atoms with Crippen molar-refractivity contribution in [2.24, 2.45) is 0 Å². The maximum absolute atomic E-state index is 6.66. The molecule has 10 rings (SSSR count). The lowest BCUT2D eigenvalue weighted by Gasteiger charge is -2.10. The van der Waals surface area contributed by atoms with E-state index in [1.165, 1.54) is 10.8 Å². The van der Waals surface area contributed by atoms with E-state index in [-0.39, 0.29) is 0 Å². The molecule has 0 fully saturated rings. The highest BCUT2D eigenvalue weighted by atomic mass is 35.5. The second-order valence-electron chi connectivity index (χ2n) is 12.2. The van der Waals surface area contributed by atoms with Crippen molar-refractivity contribution in [3.8, 4) is 39.9 Å². The van der Waals surface area contributed by atoms with Crippen LogP contribution in [0.15, 0.2) is 156 Å². The van der Waals surface area contributed by atoms with Crippen LogP contribution in [0, 0.1) is 0 Å². The van der Waals surface area contributed by atoms with Gasteiger partial charge in [0.1, 0.15) is 11.2 Å². The van der Waals surface area contributed by atoms with Gasteiger partial charge in [-0.1, -0.05) is 115 Å². The number of para-hydroxylation sites is 2. The van der Waals surface area contributed by atoms with Gasteiger partial charge in [0.2, 0.25) is 0 Å². The molecule has 0 atom stereocenters. The minimum atomic E-state index is 0.585. The molecule has 0 amide bonds. The van der Waals surface area contributed by atoms with Gasteiger partial charge in [-0.2, -0.15) is 0 Å². The third-order valence-electron chi connectivity index (χ3n) is 9.30. The van der Waals surface area contributed by atoms with Gasteiger partial charge in [0.05, 0.1) is 16.1 Å². The molecule has 7 aromatic carbocycles. The summed E-state index contributed by atoms with van der Waals surface area (Å²) in [6, 6.07) is 51.7. The van der Waals surface area contributed by atoms with Gasteiger partial charge in [-0.15, -0.1) is 0 Å². The highest BCUT2D eigenvalue weighted by Crippen LogP contribution is 2.40. The van der Waals surface area contributed by atoms with E-state index in [9.17, 15) is 0 Å². The van der Waals surface area contributed by atoms with E-state index in [0.717, 1.165) is 66.1 Å². The van der Waals surface area contributed by atoms with Crippen LogP contribution >= 0.6 is 11.6 Å². The van der Waals surface area contributed by atoms with Gasteiger partial charge in [0.25, 0.3) is 0 Å². The Hall–Kier alpha value is -6.30. The molecular formula is C43H25ClN4O. The number of aromatic nitrogens is 4. The van der Waals surface area contributed by atoms with Crippen molar-refractivity contribution >= 4 is 66.1 Å². The molecule has 0 spiro atoms. The second-order valence-corrected chi connectivity index (χ2v) is 12.6. The lowest BCUT2D eigenvalue weighted by atomic mass is 10.0. The average Bonchev–Trinajstić information content (AvgIpc) is 3.70. The molecule has 3 heterocycles. The van der Waals surface area contributed by atoms with Crippen LogP contribution in [0.1, 0.15) is 0 Å². The van der Waals surface area contributed by atoms with E-state index < -0.39 is 0 Å². The Labute approximate surface area is 285 Å². The smallest absolute Gasteiger partial charge is 0.164 e. The summed E-state index contributed by atoms with van der Waals surface area (Å²) < 4.78 is 8.60. The lowest BCUT2D eigenvalue weighted by molar-refractivity contribution is 0.669. The summed E-state index contributed by atoms with van der Waals surface area (Å²) in [4.78, 5) is 15.2. The van der Waals surface area contributed by atoms with Crippen LogP contribution in [0.25, 0.3) is 94.4 Å². The summed E-state index contributed by atoms with van der Waals surface area (Å²) in [6.07, 6.45) is 0. The molecule has 0 aliphatic heterocycles. The maximum Gasteiger partial charge on any atom is 0.164 e. The molecule has 0 N–H and O–H groups in total. The second kappa shape index (κ2) is 10.9. The standard InChI is InChI=1S/C43H25ClN4O/c44-35-25-39-40(33-17-8-7-15-30(33)35)34-23-27(20-22-38(34)49-39)42-45-41(26-11-3-1-4-12-26)46-43(47-42)28-19-21-32-31-16-9-10-18-36(31)48(37(32)24-28)29-13-5-2-6-14-29/h1-25H. The fourth-order valence-corrected chi connectivity index (χ4v) is 7.32. The molecule has 0 aliphatic carbocycles. The van der Waals surface area contributed by atoms with E-state index in [4.69, 9.17) is 31.0 Å². The summed E-state index contributed by atoms with van der Waals surface area (Å²) in [5.41, 5.74) is 7.56. The molecule has 0 aliphatic rings. The predicted molar refractivity (Wildman–Crippen MR) is 200 cm³/mol. The van der Waals surface area contributed by atoms with Gasteiger partial charge >= 0.3 is 0 Å². The highest BCUT2D eigenvalue weighted by molar-refractivity contribution is 6.38. The van der Waals surface area contributed by atoms with Gasteiger partial charge in [0.15, 0.2) is 17.5 Å². The number of rotatable bonds is 4. The highest BCUT2D eigenvalue weighted by Gasteiger charge is 2.18. The van der Waals surface area contributed by atoms with E-state index >= 15 is 0 Å². The van der Waals surface area contributed by atoms with E-state index in [2.05, 4.69) is 83.4 Å². The van der Waals surface area contributed by atoms with Crippen molar-refractivity contribution in [1.82, 2.24) is 19.5 Å². The van der Waals surface area contributed by atoms with Crippen LogP contribution in [0.2, 0.25) is 5.02 Å². The Morgan fingerprint density at radius 2 is 1.02 bits per heavy atom. The molecule has 5 nitrogen and oxygen atoms in total. The van der Waals surface area contributed by atoms with E-state index in [1.54, 1.807) is 0 Å². The zero-order valence-electron chi connectivity index (χ0n) is 26.0. The van der Waals surface area contributed by atoms with Crippen LogP contribution in [-0.2, 0) is 0 Å². The first kappa shape index (κ1) is 27.8. The van der Waals surface area contributed by atoms with E-state index in [1.807, 2.05) is 72.8 Å². The normalized spacial score (nSPS) is 11.8. The number of benzene rings is 7. The van der Waals surface area contributed by atoms with Crippen molar-refractivity contribution in [1.29, 1.82) is 0 Å². The first-order chi connectivity index (χ1) is 24.2. The van der Waals surface area contributed by atoms with Crippen molar-refractivity contribution in [2.45, 2.75) is 0 Å². The Kier molecular flexibility index (Phi) is 6.16. The molecule has 0 bridgehead atoms. The number of fused-ring (bicyclic) bond motifs is 8. The monoisotopic (exact) mass is 648 g/mol. The zero-order chi connectivity index (χ0) is 32.5. The SMILES string of the molecule is Clc1cc2oc3ccc(-c4nc(-c5ccccc5)nc(-c5ccc6c7ccccc7n(-c7ccccc7)c6c5)n4)cc3c2c2ccccc12. The molecule has 49 heavy (non-hydrogen) atoms. The van der Waals surface area contributed by atoms with Crippen molar-refractivity contribution < 1.29 is 4.42 Å². The quantitative estimate of drug-likeness (QED) is 0.190. The van der Waals surface area contributed by atoms with Crippen LogP contribution < -0.4 is 0 Å². The van der Waals surface area contributed by atoms with Gasteiger partial charge in [0, 0.05) is 55.4 Å². The molecule has 10 aromatic rings. The number of hydrogen-bond acceptors (Lipinski definition) is 4. The molecule has 0 saturated carbocycles. The van der Waals surface area contributed by atoms with Crippen molar-refractivity contribution in [3.63, 3.8) is 0 Å². The van der Waals surface area contributed by atoms with Crippen molar-refractivity contribution in [3.05, 3.63) is 157 Å². The third kappa shape index (κ3) is 4.44. The predicted octanol–water partition coefficient (Wildman–Crippen LogP) is 11.7. The van der Waals surface area contributed by atoms with Crippen LogP contribution in [-0.4, -0.2) is 19.5 Å². The molecule has 3 aromatic heterocycles. The third-order valence-corrected chi connectivity index (χ3v) is 9.61. The summed E-state index contributed by atoms with van der Waals surface area (Å²) in [5.74, 6) is 1.80. The van der Waals surface area contributed by atoms with Gasteiger partial charge in [-0.05, 0) is 47.9 Å². The minimum absolute atomic E-state index is 0.585. The Morgan fingerprint density at radius 3 is 1.80 bits per heavy atom. The first-order valence-electron chi connectivity index (χ1n) is 16.1. The number of halogens is 1. The summed E-state index contributed by atoms with van der Waals surface area (Å²) in [6.45, 7) is 0. The van der Waals surface area contributed by atoms with Gasteiger partial charge in [-0.3, -0.25) is 0 Å². The van der Waals surface area contributed by atoms with Gasteiger partial charge in [-0.25, -0.2) is 15.0 Å². The van der Waals surface area contributed by atoms with Crippen molar-refractivity contribution in [2.75, 3.05) is 0 Å². The Morgan fingerprint density at radius 1 is 0.429 bits per heavy atom. The fourth-order valence-electron chi connectivity index (χ4n) is 7.05. The summed E-state index contributed by atoms with van der Waals surface area (Å²) >= 11 is 6.66. The van der Waals surface area contributed by atoms with E-state index in [0.29, 0.717) is 22.5 Å². The molecule has 0 saturated heterocycles. The van der Waals surface area contributed by atoms with Crippen LogP contribution in [0.5, 0.6) is 0 Å². The Bertz CT molecular complexity index is 2890. The number of furan rings is 1. The molecule has 0 unspecified atom stereocenters. The van der Waals surface area contributed by atoms with Crippen LogP contribution in [0.3, 0.4) is 0 Å². The average molecular weight is 649 g/mol. The zero-order valence-corrected chi connectivity index (χ0v) is 26.8. The largest absolute Gasteiger partial charge is 0.456 e. The Balaban J connectivity index is 1.21. The maximum atomic E-state index is 6.66. The topological polar surface area (TPSA) is 56.7 Å². The first-order valence-corrected chi connectivity index (χ1v) is 16.5. The van der Waals surface area contributed by atoms with Crippen LogP contribution in [0.4, 0.5) is 0 Å². The van der Waals surface area contributed by atoms with Gasteiger partial charge < -0.3 is 8.98 Å². The summed E-state index contributed by atoms with van der Waals surface area (Å²) in [5, 5.41) is 7.08. The summed E-state index contributed by atoms with van der Waals surface area (Å²) in [7, 11) is 0. The number of nitrogens with zero attached hydrogens (tertiary/aromatic N) is 4. The number of hydrogen-bond donors (Lipinski definition) is 0. The molecular weight excluding hydrogens is 624 g/mol. The lowest BCUT2D eigenvalue weighted by Crippen LogP contribution is -2.00.